The summed E-state index contributed by atoms with van der Waals surface area (Å²) in [5.41, 5.74) is 2.70. The second-order valence-corrected chi connectivity index (χ2v) is 6.17. The fourth-order valence-electron chi connectivity index (χ4n) is 3.00. The van der Waals surface area contributed by atoms with E-state index in [9.17, 15) is 4.79 Å². The van der Waals surface area contributed by atoms with Gasteiger partial charge in [0.15, 0.2) is 0 Å². The Labute approximate surface area is 146 Å². The number of nitrogens with one attached hydrogen (secondary N) is 1. The SMILES string of the molecule is C=CC(=O)N1CCNC[C@@H]1c1cc(Cl)nc(C2=CC=NCN2C)c1. The number of allylic oxidation sites excluding steroid dienone is 1. The van der Waals surface area contributed by atoms with E-state index in [2.05, 4.69) is 21.9 Å². The summed E-state index contributed by atoms with van der Waals surface area (Å²) in [6, 6.07) is 3.73. The average Bonchev–Trinajstić information content (AvgIpc) is 2.61. The smallest absolute Gasteiger partial charge is 0.246 e. The van der Waals surface area contributed by atoms with Crippen LogP contribution in [0.5, 0.6) is 0 Å². The normalized spacial score (nSPS) is 20.8. The van der Waals surface area contributed by atoms with Crippen LogP contribution in [0.25, 0.3) is 5.70 Å². The van der Waals surface area contributed by atoms with Crippen LogP contribution >= 0.6 is 11.6 Å². The Bertz CT molecular complexity index is 715. The van der Waals surface area contributed by atoms with Crippen LogP contribution in [-0.2, 0) is 4.79 Å². The van der Waals surface area contributed by atoms with Crippen LogP contribution in [-0.4, -0.2) is 60.3 Å². The topological polar surface area (TPSA) is 60.8 Å². The minimum atomic E-state index is -0.0911. The van der Waals surface area contributed by atoms with Crippen molar-refractivity contribution < 1.29 is 4.79 Å². The Morgan fingerprint density at radius 3 is 3.08 bits per heavy atom. The molecule has 6 nitrogen and oxygen atoms in total. The van der Waals surface area contributed by atoms with Crippen molar-refractivity contribution in [1.29, 1.82) is 0 Å². The number of hydrogen-bond acceptors (Lipinski definition) is 5. The second-order valence-electron chi connectivity index (χ2n) is 5.79. The molecular formula is C17H20ClN5O. The van der Waals surface area contributed by atoms with Crippen LogP contribution in [0.1, 0.15) is 17.3 Å². The van der Waals surface area contributed by atoms with Crippen molar-refractivity contribution in [3.8, 4) is 0 Å². The van der Waals surface area contributed by atoms with Crippen molar-refractivity contribution in [3.05, 3.63) is 47.3 Å². The number of piperazine rings is 1. The highest BCUT2D eigenvalue weighted by Gasteiger charge is 2.27. The van der Waals surface area contributed by atoms with E-state index in [1.807, 2.05) is 35.1 Å². The first-order valence-electron chi connectivity index (χ1n) is 7.83. The zero-order chi connectivity index (χ0) is 17.1. The van der Waals surface area contributed by atoms with Gasteiger partial charge in [-0.25, -0.2) is 4.98 Å². The maximum atomic E-state index is 12.2. The Balaban J connectivity index is 1.98. The summed E-state index contributed by atoms with van der Waals surface area (Å²) in [6.45, 7) is 6.27. The third-order valence-corrected chi connectivity index (χ3v) is 4.40. The summed E-state index contributed by atoms with van der Waals surface area (Å²) in [5.74, 6) is -0.0721. The molecule has 2 aliphatic rings. The van der Waals surface area contributed by atoms with Crippen LogP contribution in [0.2, 0.25) is 5.15 Å². The van der Waals surface area contributed by atoms with E-state index in [1.54, 1.807) is 6.21 Å². The molecule has 1 amide bonds. The average molecular weight is 346 g/mol. The van der Waals surface area contributed by atoms with Gasteiger partial charge in [0, 0.05) is 32.9 Å². The summed E-state index contributed by atoms with van der Waals surface area (Å²) in [7, 11) is 1.96. The molecule has 0 spiro atoms. The number of pyridine rings is 1. The lowest BCUT2D eigenvalue weighted by Gasteiger charge is -2.36. The number of nitrogens with zero attached hydrogens (tertiary/aromatic N) is 4. The van der Waals surface area contributed by atoms with E-state index in [0.717, 1.165) is 23.5 Å². The van der Waals surface area contributed by atoms with E-state index >= 15 is 0 Å². The van der Waals surface area contributed by atoms with Crippen molar-refractivity contribution >= 4 is 29.4 Å². The van der Waals surface area contributed by atoms with Gasteiger partial charge in [0.1, 0.15) is 11.8 Å². The van der Waals surface area contributed by atoms with Gasteiger partial charge in [-0.1, -0.05) is 18.2 Å². The van der Waals surface area contributed by atoms with Crippen molar-refractivity contribution in [2.75, 3.05) is 33.4 Å². The van der Waals surface area contributed by atoms with E-state index in [4.69, 9.17) is 11.6 Å². The fourth-order valence-corrected chi connectivity index (χ4v) is 3.22. The van der Waals surface area contributed by atoms with Gasteiger partial charge in [0.05, 0.1) is 17.4 Å². The number of amides is 1. The summed E-state index contributed by atoms with van der Waals surface area (Å²) in [6.07, 6.45) is 5.04. The van der Waals surface area contributed by atoms with E-state index < -0.39 is 0 Å². The highest BCUT2D eigenvalue weighted by atomic mass is 35.5. The van der Waals surface area contributed by atoms with E-state index in [-0.39, 0.29) is 11.9 Å². The zero-order valence-electron chi connectivity index (χ0n) is 13.6. The molecule has 0 aliphatic carbocycles. The lowest BCUT2D eigenvalue weighted by molar-refractivity contribution is -0.129. The van der Waals surface area contributed by atoms with Crippen molar-refractivity contribution in [2.45, 2.75) is 6.04 Å². The number of carbonyl (C=O) groups is 1. The lowest BCUT2D eigenvalue weighted by atomic mass is 10.0. The molecule has 1 saturated heterocycles. The molecular weight excluding hydrogens is 326 g/mol. The van der Waals surface area contributed by atoms with E-state index in [0.29, 0.717) is 24.9 Å². The van der Waals surface area contributed by atoms with Gasteiger partial charge >= 0.3 is 0 Å². The molecule has 0 aromatic carbocycles. The number of rotatable bonds is 3. The first kappa shape index (κ1) is 16.7. The molecule has 24 heavy (non-hydrogen) atoms. The van der Waals surface area contributed by atoms with Gasteiger partial charge in [-0.15, -0.1) is 0 Å². The molecule has 0 saturated carbocycles. The van der Waals surface area contributed by atoms with Crippen molar-refractivity contribution in [3.63, 3.8) is 0 Å². The number of aromatic nitrogens is 1. The largest absolute Gasteiger partial charge is 0.353 e. The number of hydrogen-bond donors (Lipinski definition) is 1. The van der Waals surface area contributed by atoms with Crippen LogP contribution in [0.3, 0.4) is 0 Å². The third-order valence-electron chi connectivity index (χ3n) is 4.21. The van der Waals surface area contributed by atoms with E-state index in [1.165, 1.54) is 6.08 Å². The van der Waals surface area contributed by atoms with Gasteiger partial charge in [-0.3, -0.25) is 9.79 Å². The Morgan fingerprint density at radius 2 is 2.33 bits per heavy atom. The first-order chi connectivity index (χ1) is 11.6. The molecule has 3 heterocycles. The maximum Gasteiger partial charge on any atom is 0.246 e. The van der Waals surface area contributed by atoms with Crippen LogP contribution in [0.15, 0.2) is 35.9 Å². The predicted octanol–water partition coefficient (Wildman–Crippen LogP) is 1.71. The molecule has 1 aromatic heterocycles. The molecule has 0 bridgehead atoms. The Morgan fingerprint density at radius 1 is 1.50 bits per heavy atom. The quantitative estimate of drug-likeness (QED) is 0.669. The number of aliphatic imine (C=N–C) groups is 1. The highest BCUT2D eigenvalue weighted by Crippen LogP contribution is 2.28. The van der Waals surface area contributed by atoms with Gasteiger partial charge in [-0.2, -0.15) is 0 Å². The molecule has 0 unspecified atom stereocenters. The van der Waals surface area contributed by atoms with Gasteiger partial charge in [0.25, 0.3) is 0 Å². The number of halogens is 1. The zero-order valence-corrected chi connectivity index (χ0v) is 14.3. The van der Waals surface area contributed by atoms with Crippen molar-refractivity contribution in [2.24, 2.45) is 4.99 Å². The predicted molar refractivity (Wildman–Crippen MR) is 95.9 cm³/mol. The van der Waals surface area contributed by atoms with Crippen LogP contribution < -0.4 is 5.32 Å². The third kappa shape index (κ3) is 3.34. The molecule has 1 fully saturated rings. The molecule has 126 valence electrons. The molecule has 2 aliphatic heterocycles. The first-order valence-corrected chi connectivity index (χ1v) is 8.21. The minimum absolute atomic E-state index is 0.0721. The second kappa shape index (κ2) is 7.15. The molecule has 1 N–H and O–H groups in total. The fraction of sp³-hybridized carbons (Fsp3) is 0.353. The summed E-state index contributed by atoms with van der Waals surface area (Å²) in [4.78, 5) is 24.6. The molecule has 1 atom stereocenters. The lowest BCUT2D eigenvalue weighted by Crippen LogP contribution is -2.48. The molecule has 3 rings (SSSR count). The van der Waals surface area contributed by atoms with Crippen LogP contribution in [0.4, 0.5) is 0 Å². The molecule has 0 radical (unpaired) electrons. The highest BCUT2D eigenvalue weighted by molar-refractivity contribution is 6.29. The monoisotopic (exact) mass is 345 g/mol. The standard InChI is InChI=1S/C17H20ClN5O/c1-3-17(24)23-7-6-19-10-15(23)12-8-13(21-16(18)9-12)14-4-5-20-11-22(14)2/h3-5,8-9,15,19H,1,6-7,10-11H2,2H3/t15-/m1/s1. The summed E-state index contributed by atoms with van der Waals surface area (Å²) < 4.78 is 0. The molecule has 1 aromatic rings. The van der Waals surface area contributed by atoms with Crippen molar-refractivity contribution in [1.82, 2.24) is 20.1 Å². The Kier molecular flexibility index (Phi) is 4.97. The summed E-state index contributed by atoms with van der Waals surface area (Å²) >= 11 is 6.26. The molecule has 7 heteroatoms. The minimum Gasteiger partial charge on any atom is -0.353 e. The van der Waals surface area contributed by atoms with Gasteiger partial charge in [0.2, 0.25) is 5.91 Å². The van der Waals surface area contributed by atoms with Gasteiger partial charge in [-0.05, 0) is 29.8 Å². The summed E-state index contributed by atoms with van der Waals surface area (Å²) in [5, 5.41) is 3.74. The van der Waals surface area contributed by atoms with Gasteiger partial charge < -0.3 is 15.1 Å². The maximum absolute atomic E-state index is 12.2. The van der Waals surface area contributed by atoms with Crippen LogP contribution in [0, 0.1) is 0 Å². The number of carbonyl (C=O) groups excluding carboxylic acids is 1. The Hall–Kier alpha value is -2.18.